The van der Waals surface area contributed by atoms with Crippen molar-refractivity contribution in [3.63, 3.8) is 0 Å². The van der Waals surface area contributed by atoms with Crippen molar-refractivity contribution in [1.29, 1.82) is 0 Å². The second-order valence-electron chi connectivity index (χ2n) is 4.70. The van der Waals surface area contributed by atoms with Crippen LogP contribution in [0.1, 0.15) is 37.7 Å². The van der Waals surface area contributed by atoms with Gasteiger partial charge in [0.25, 0.3) is 0 Å². The molecule has 1 fully saturated rings. The molecule has 1 nitrogen and oxygen atoms in total. The number of aryl methyl sites for hydroxylation is 1. The summed E-state index contributed by atoms with van der Waals surface area (Å²) in [5, 5.41) is 9.41. The highest BCUT2D eigenvalue weighted by Crippen LogP contribution is 2.27. The van der Waals surface area contributed by atoms with E-state index >= 15 is 0 Å². The van der Waals surface area contributed by atoms with Crippen LogP contribution in [-0.2, 0) is 6.42 Å². The number of hydrogen-bond acceptors (Lipinski definition) is 1. The molecule has 0 aliphatic heterocycles. The summed E-state index contributed by atoms with van der Waals surface area (Å²) in [5.41, 5.74) is 1.45. The first kappa shape index (κ1) is 10.7. The fourth-order valence-corrected chi connectivity index (χ4v) is 2.45. The third-order valence-corrected chi connectivity index (χ3v) is 3.50. The van der Waals surface area contributed by atoms with E-state index in [-0.39, 0.29) is 6.10 Å². The normalized spacial score (nSPS) is 26.5. The Balaban J connectivity index is 1.74. The zero-order chi connectivity index (χ0) is 10.5. The maximum atomic E-state index is 9.41. The Morgan fingerprint density at radius 3 is 2.33 bits per heavy atom. The van der Waals surface area contributed by atoms with E-state index in [0.29, 0.717) is 0 Å². The molecule has 1 aromatic rings. The third-order valence-electron chi connectivity index (χ3n) is 3.50. The average molecular weight is 204 g/mol. The fraction of sp³-hybridized carbons (Fsp3) is 0.571. The van der Waals surface area contributed by atoms with Crippen LogP contribution in [0.3, 0.4) is 0 Å². The highest BCUT2D eigenvalue weighted by Gasteiger charge is 2.18. The quantitative estimate of drug-likeness (QED) is 0.801. The van der Waals surface area contributed by atoms with Crippen molar-refractivity contribution < 1.29 is 5.11 Å². The summed E-state index contributed by atoms with van der Waals surface area (Å²) in [6.07, 6.45) is 6.93. The maximum absolute atomic E-state index is 9.41. The smallest absolute Gasteiger partial charge is 0.0540 e. The first-order chi connectivity index (χ1) is 7.34. The lowest BCUT2D eigenvalue weighted by atomic mass is 9.84. The van der Waals surface area contributed by atoms with Gasteiger partial charge in [-0.3, -0.25) is 0 Å². The molecule has 2 rings (SSSR count). The van der Waals surface area contributed by atoms with Gasteiger partial charge in [0.15, 0.2) is 0 Å². The highest BCUT2D eigenvalue weighted by atomic mass is 16.3. The van der Waals surface area contributed by atoms with E-state index in [2.05, 4.69) is 30.3 Å². The minimum atomic E-state index is -0.0158. The maximum Gasteiger partial charge on any atom is 0.0540 e. The predicted molar refractivity (Wildman–Crippen MR) is 62.7 cm³/mol. The van der Waals surface area contributed by atoms with E-state index < -0.39 is 0 Å². The van der Waals surface area contributed by atoms with Gasteiger partial charge in [0, 0.05) is 0 Å². The summed E-state index contributed by atoms with van der Waals surface area (Å²) < 4.78 is 0. The van der Waals surface area contributed by atoms with Gasteiger partial charge in [-0.1, -0.05) is 30.3 Å². The largest absolute Gasteiger partial charge is 0.393 e. The zero-order valence-corrected chi connectivity index (χ0v) is 9.23. The predicted octanol–water partition coefficient (Wildman–Crippen LogP) is 3.17. The summed E-state index contributed by atoms with van der Waals surface area (Å²) in [6, 6.07) is 10.7. The minimum absolute atomic E-state index is 0.0158. The Bertz CT molecular complexity index is 273. The van der Waals surface area contributed by atoms with Gasteiger partial charge in [-0.25, -0.2) is 0 Å². The number of hydrogen-bond donors (Lipinski definition) is 1. The van der Waals surface area contributed by atoms with Crippen molar-refractivity contribution in [3.05, 3.63) is 35.9 Å². The van der Waals surface area contributed by atoms with Crippen LogP contribution >= 0.6 is 0 Å². The Labute approximate surface area is 92.1 Å². The van der Waals surface area contributed by atoms with Gasteiger partial charge < -0.3 is 5.11 Å². The molecule has 0 aromatic heterocycles. The summed E-state index contributed by atoms with van der Waals surface area (Å²) in [7, 11) is 0. The van der Waals surface area contributed by atoms with Crippen molar-refractivity contribution in [2.75, 3.05) is 0 Å². The first-order valence-corrected chi connectivity index (χ1v) is 6.06. The SMILES string of the molecule is OC1CCC(CCc2ccccc2)CC1. The van der Waals surface area contributed by atoms with Crippen LogP contribution < -0.4 is 0 Å². The van der Waals surface area contributed by atoms with Gasteiger partial charge in [0.2, 0.25) is 0 Å². The number of aliphatic hydroxyl groups excluding tert-OH is 1. The summed E-state index contributed by atoms with van der Waals surface area (Å²) in [6.45, 7) is 0. The molecule has 1 aliphatic rings. The molecule has 1 heteroatoms. The first-order valence-electron chi connectivity index (χ1n) is 6.06. The van der Waals surface area contributed by atoms with Crippen molar-refractivity contribution in [2.45, 2.75) is 44.6 Å². The molecule has 0 bridgehead atoms. The Morgan fingerprint density at radius 1 is 1.00 bits per heavy atom. The summed E-state index contributed by atoms with van der Waals surface area (Å²) >= 11 is 0. The second kappa shape index (κ2) is 5.32. The van der Waals surface area contributed by atoms with Gasteiger partial charge in [0.05, 0.1) is 6.10 Å². The molecule has 1 aromatic carbocycles. The molecule has 0 heterocycles. The molecule has 1 saturated carbocycles. The lowest BCUT2D eigenvalue weighted by molar-refractivity contribution is 0.106. The average Bonchev–Trinajstić information content (AvgIpc) is 2.30. The molecular weight excluding hydrogens is 184 g/mol. The van der Waals surface area contributed by atoms with Crippen LogP contribution in [0.4, 0.5) is 0 Å². The van der Waals surface area contributed by atoms with Gasteiger partial charge in [-0.2, -0.15) is 0 Å². The fourth-order valence-electron chi connectivity index (χ4n) is 2.45. The monoisotopic (exact) mass is 204 g/mol. The van der Waals surface area contributed by atoms with Gasteiger partial charge in [0.1, 0.15) is 0 Å². The molecule has 0 spiro atoms. The molecule has 1 aliphatic carbocycles. The second-order valence-corrected chi connectivity index (χ2v) is 4.70. The van der Waals surface area contributed by atoms with Crippen LogP contribution in [0.15, 0.2) is 30.3 Å². The molecule has 1 N–H and O–H groups in total. The summed E-state index contributed by atoms with van der Waals surface area (Å²) in [4.78, 5) is 0. The van der Waals surface area contributed by atoms with Gasteiger partial charge in [-0.05, 0) is 50.0 Å². The zero-order valence-electron chi connectivity index (χ0n) is 9.23. The molecule has 0 amide bonds. The van der Waals surface area contributed by atoms with Crippen molar-refractivity contribution >= 4 is 0 Å². The van der Waals surface area contributed by atoms with E-state index in [1.165, 1.54) is 31.2 Å². The lowest BCUT2D eigenvalue weighted by Gasteiger charge is -2.25. The van der Waals surface area contributed by atoms with E-state index in [0.717, 1.165) is 18.8 Å². The van der Waals surface area contributed by atoms with Crippen molar-refractivity contribution in [2.24, 2.45) is 5.92 Å². The van der Waals surface area contributed by atoms with Crippen LogP contribution in [0, 0.1) is 5.92 Å². The van der Waals surface area contributed by atoms with E-state index in [1.54, 1.807) is 0 Å². The summed E-state index contributed by atoms with van der Waals surface area (Å²) in [5.74, 6) is 0.841. The molecule has 0 saturated heterocycles. The van der Waals surface area contributed by atoms with Crippen LogP contribution in [0.25, 0.3) is 0 Å². The molecular formula is C14H20O. The van der Waals surface area contributed by atoms with Crippen LogP contribution in [-0.4, -0.2) is 11.2 Å². The van der Waals surface area contributed by atoms with E-state index in [4.69, 9.17) is 0 Å². The molecule has 0 atom stereocenters. The molecule has 0 radical (unpaired) electrons. The van der Waals surface area contributed by atoms with Gasteiger partial charge in [-0.15, -0.1) is 0 Å². The lowest BCUT2D eigenvalue weighted by Crippen LogP contribution is -2.18. The van der Waals surface area contributed by atoms with E-state index in [1.807, 2.05) is 0 Å². The van der Waals surface area contributed by atoms with Crippen molar-refractivity contribution in [3.8, 4) is 0 Å². The van der Waals surface area contributed by atoms with E-state index in [9.17, 15) is 5.11 Å². The molecule has 82 valence electrons. The van der Waals surface area contributed by atoms with Crippen LogP contribution in [0.5, 0.6) is 0 Å². The molecule has 0 unspecified atom stereocenters. The highest BCUT2D eigenvalue weighted by molar-refractivity contribution is 5.14. The van der Waals surface area contributed by atoms with Crippen molar-refractivity contribution in [1.82, 2.24) is 0 Å². The third kappa shape index (κ3) is 3.35. The minimum Gasteiger partial charge on any atom is -0.393 e. The number of aliphatic hydroxyl groups is 1. The number of benzene rings is 1. The Hall–Kier alpha value is -0.820. The number of rotatable bonds is 3. The molecule has 15 heavy (non-hydrogen) atoms. The topological polar surface area (TPSA) is 20.2 Å². The Kier molecular flexibility index (Phi) is 3.79. The standard InChI is InChI=1S/C14H20O/c15-14-10-8-13(9-11-14)7-6-12-4-2-1-3-5-12/h1-5,13-15H,6-11H2. The van der Waals surface area contributed by atoms with Crippen LogP contribution in [0.2, 0.25) is 0 Å². The van der Waals surface area contributed by atoms with Gasteiger partial charge >= 0.3 is 0 Å². The Morgan fingerprint density at radius 2 is 1.67 bits per heavy atom.